The van der Waals surface area contributed by atoms with Gasteiger partial charge in [-0.05, 0) is 36.2 Å². The van der Waals surface area contributed by atoms with Crippen molar-refractivity contribution in [2.45, 2.75) is 13.3 Å². The van der Waals surface area contributed by atoms with Crippen LogP contribution in [0.3, 0.4) is 0 Å². The van der Waals surface area contributed by atoms with E-state index in [0.29, 0.717) is 28.0 Å². The van der Waals surface area contributed by atoms with Gasteiger partial charge in [-0.1, -0.05) is 19.1 Å². The summed E-state index contributed by atoms with van der Waals surface area (Å²) in [5.41, 5.74) is 1.79. The van der Waals surface area contributed by atoms with Gasteiger partial charge in [0, 0.05) is 0 Å². The molecule has 3 rings (SSSR count). The Kier molecular flexibility index (Phi) is 3.55. The third-order valence-corrected chi connectivity index (χ3v) is 3.63. The Hall–Kier alpha value is -2.82. The lowest BCUT2D eigenvalue weighted by molar-refractivity contribution is 0.374. The minimum Gasteiger partial charge on any atom is -0.504 e. The second-order valence-corrected chi connectivity index (χ2v) is 4.98. The first-order valence-electron chi connectivity index (χ1n) is 7.03. The second-order valence-electron chi connectivity index (χ2n) is 4.98. The molecule has 0 fully saturated rings. The molecule has 0 unspecified atom stereocenters. The van der Waals surface area contributed by atoms with E-state index in [1.54, 1.807) is 24.3 Å². The van der Waals surface area contributed by atoms with Gasteiger partial charge >= 0.3 is 0 Å². The molecule has 0 amide bonds. The van der Waals surface area contributed by atoms with Crippen LogP contribution in [0.1, 0.15) is 12.5 Å². The maximum atomic E-state index is 12.2. The first-order chi connectivity index (χ1) is 10.6. The van der Waals surface area contributed by atoms with Crippen LogP contribution in [0.25, 0.3) is 22.3 Å². The van der Waals surface area contributed by atoms with Crippen LogP contribution >= 0.6 is 0 Å². The highest BCUT2D eigenvalue weighted by Crippen LogP contribution is 2.37. The van der Waals surface area contributed by atoms with Crippen molar-refractivity contribution in [1.82, 2.24) is 9.97 Å². The fraction of sp³-hybridized carbons (Fsp3) is 0.176. The summed E-state index contributed by atoms with van der Waals surface area (Å²) in [6, 6.07) is 10.7. The van der Waals surface area contributed by atoms with Crippen molar-refractivity contribution in [2.24, 2.45) is 0 Å². The van der Waals surface area contributed by atoms with Crippen LogP contribution in [0, 0.1) is 0 Å². The minimum atomic E-state index is -0.235. The Bertz CT molecular complexity index is 900. The molecule has 0 saturated heterocycles. The Balaban J connectivity index is 2.29. The van der Waals surface area contributed by atoms with Crippen LogP contribution in [0.2, 0.25) is 0 Å². The third kappa shape index (κ3) is 2.30. The van der Waals surface area contributed by atoms with E-state index in [-0.39, 0.29) is 11.3 Å². The summed E-state index contributed by atoms with van der Waals surface area (Å²) in [6.07, 6.45) is 0.779. The van der Waals surface area contributed by atoms with Gasteiger partial charge in [-0.25, -0.2) is 4.98 Å². The normalized spacial score (nSPS) is 10.8. The molecular formula is C17H16N2O3. The molecule has 0 aliphatic heterocycles. The average Bonchev–Trinajstić information content (AvgIpc) is 2.55. The molecule has 5 nitrogen and oxygen atoms in total. The van der Waals surface area contributed by atoms with Crippen molar-refractivity contribution in [2.75, 3.05) is 7.11 Å². The summed E-state index contributed by atoms with van der Waals surface area (Å²) in [6.45, 7) is 2.01. The van der Waals surface area contributed by atoms with Gasteiger partial charge in [0.25, 0.3) is 5.56 Å². The van der Waals surface area contributed by atoms with E-state index in [4.69, 9.17) is 4.74 Å². The van der Waals surface area contributed by atoms with E-state index < -0.39 is 0 Å². The lowest BCUT2D eigenvalue weighted by Crippen LogP contribution is -2.09. The molecule has 0 bridgehead atoms. The number of aromatic hydroxyl groups is 1. The highest BCUT2D eigenvalue weighted by Gasteiger charge is 2.15. The summed E-state index contributed by atoms with van der Waals surface area (Å²) in [5.74, 6) is 0.665. The van der Waals surface area contributed by atoms with Gasteiger partial charge in [0.15, 0.2) is 11.5 Å². The summed E-state index contributed by atoms with van der Waals surface area (Å²) < 4.78 is 5.20. The molecule has 0 atom stereocenters. The van der Waals surface area contributed by atoms with Crippen LogP contribution in [-0.4, -0.2) is 22.2 Å². The zero-order valence-electron chi connectivity index (χ0n) is 12.4. The Labute approximate surface area is 127 Å². The standard InChI is InChI=1S/C17H16N2O3/c1-3-10-8-12(15(20)14(9-10)22-2)16-18-13-7-5-4-6-11(13)17(21)19-16/h4-9,20H,3H2,1-2H3,(H,18,19,21). The Morgan fingerprint density at radius 2 is 2.05 bits per heavy atom. The highest BCUT2D eigenvalue weighted by molar-refractivity contribution is 5.80. The molecule has 3 aromatic rings. The second kappa shape index (κ2) is 5.52. The SMILES string of the molecule is CCc1cc(OC)c(O)c(-c2nc3ccccc3c(=O)[nH]2)c1. The summed E-state index contributed by atoms with van der Waals surface area (Å²) in [7, 11) is 1.49. The Morgan fingerprint density at radius 3 is 2.77 bits per heavy atom. The van der Waals surface area contributed by atoms with Crippen molar-refractivity contribution in [3.8, 4) is 22.9 Å². The number of aryl methyl sites for hydroxylation is 1. The van der Waals surface area contributed by atoms with Gasteiger partial charge < -0.3 is 14.8 Å². The molecule has 1 heterocycles. The highest BCUT2D eigenvalue weighted by atomic mass is 16.5. The zero-order valence-corrected chi connectivity index (χ0v) is 12.4. The lowest BCUT2D eigenvalue weighted by atomic mass is 10.1. The number of H-pyrrole nitrogens is 1. The fourth-order valence-electron chi connectivity index (χ4n) is 2.42. The van der Waals surface area contributed by atoms with Crippen molar-refractivity contribution in [3.05, 3.63) is 52.3 Å². The average molecular weight is 296 g/mol. The molecule has 0 saturated carbocycles. The van der Waals surface area contributed by atoms with Gasteiger partial charge in [0.2, 0.25) is 0 Å². The molecule has 2 aromatic carbocycles. The molecular weight excluding hydrogens is 280 g/mol. The number of rotatable bonds is 3. The first kappa shape index (κ1) is 14.1. The first-order valence-corrected chi connectivity index (χ1v) is 7.03. The number of aromatic amines is 1. The monoisotopic (exact) mass is 296 g/mol. The maximum absolute atomic E-state index is 12.2. The predicted octanol–water partition coefficient (Wildman–Crippen LogP) is 2.87. The molecule has 0 aliphatic rings. The van der Waals surface area contributed by atoms with Crippen molar-refractivity contribution < 1.29 is 9.84 Å². The molecule has 22 heavy (non-hydrogen) atoms. The number of ether oxygens (including phenoxy) is 1. The van der Waals surface area contributed by atoms with E-state index in [0.717, 1.165) is 12.0 Å². The fourth-order valence-corrected chi connectivity index (χ4v) is 2.42. The molecule has 2 N–H and O–H groups in total. The Morgan fingerprint density at radius 1 is 1.27 bits per heavy atom. The maximum Gasteiger partial charge on any atom is 0.259 e. The molecule has 0 spiro atoms. The lowest BCUT2D eigenvalue weighted by Gasteiger charge is -2.11. The van der Waals surface area contributed by atoms with Crippen molar-refractivity contribution >= 4 is 10.9 Å². The van der Waals surface area contributed by atoms with E-state index in [1.165, 1.54) is 7.11 Å². The number of hydrogen-bond donors (Lipinski definition) is 2. The minimum absolute atomic E-state index is 0.0295. The van der Waals surface area contributed by atoms with Crippen LogP contribution < -0.4 is 10.3 Å². The number of methoxy groups -OCH3 is 1. The number of phenolic OH excluding ortho intramolecular Hbond substituents is 1. The number of nitrogens with one attached hydrogen (secondary N) is 1. The largest absolute Gasteiger partial charge is 0.504 e. The summed E-state index contributed by atoms with van der Waals surface area (Å²) in [5, 5.41) is 10.9. The van der Waals surface area contributed by atoms with Crippen LogP contribution in [0.5, 0.6) is 11.5 Å². The number of aromatic nitrogens is 2. The number of fused-ring (bicyclic) bond motifs is 1. The molecule has 0 radical (unpaired) electrons. The number of hydrogen-bond acceptors (Lipinski definition) is 4. The number of phenols is 1. The van der Waals surface area contributed by atoms with Crippen molar-refractivity contribution in [1.29, 1.82) is 0 Å². The molecule has 5 heteroatoms. The molecule has 1 aromatic heterocycles. The zero-order chi connectivity index (χ0) is 15.7. The number of para-hydroxylation sites is 1. The predicted molar refractivity (Wildman–Crippen MR) is 85.4 cm³/mol. The summed E-state index contributed by atoms with van der Waals surface area (Å²) in [4.78, 5) is 19.4. The third-order valence-electron chi connectivity index (χ3n) is 3.63. The van der Waals surface area contributed by atoms with E-state index in [9.17, 15) is 9.90 Å². The smallest absolute Gasteiger partial charge is 0.259 e. The van der Waals surface area contributed by atoms with Gasteiger partial charge in [-0.2, -0.15) is 0 Å². The molecule has 112 valence electrons. The van der Waals surface area contributed by atoms with Gasteiger partial charge in [0.05, 0.1) is 23.6 Å². The van der Waals surface area contributed by atoms with E-state index in [2.05, 4.69) is 9.97 Å². The van der Waals surface area contributed by atoms with E-state index >= 15 is 0 Å². The van der Waals surface area contributed by atoms with Gasteiger partial charge in [-0.15, -0.1) is 0 Å². The number of benzene rings is 2. The topological polar surface area (TPSA) is 75.2 Å². The number of nitrogens with zero attached hydrogens (tertiary/aromatic N) is 1. The van der Waals surface area contributed by atoms with Gasteiger partial charge in [0.1, 0.15) is 5.82 Å². The van der Waals surface area contributed by atoms with Crippen LogP contribution in [-0.2, 0) is 6.42 Å². The molecule has 0 aliphatic carbocycles. The van der Waals surface area contributed by atoms with E-state index in [1.807, 2.05) is 19.1 Å². The van der Waals surface area contributed by atoms with Crippen LogP contribution in [0.15, 0.2) is 41.2 Å². The summed E-state index contributed by atoms with van der Waals surface area (Å²) >= 11 is 0. The quantitative estimate of drug-likeness (QED) is 0.779. The van der Waals surface area contributed by atoms with Crippen molar-refractivity contribution in [3.63, 3.8) is 0 Å². The van der Waals surface area contributed by atoms with Crippen LogP contribution in [0.4, 0.5) is 0 Å². The van der Waals surface area contributed by atoms with Gasteiger partial charge in [-0.3, -0.25) is 4.79 Å².